The van der Waals surface area contributed by atoms with Crippen molar-refractivity contribution in [3.63, 3.8) is 0 Å². The Balaban J connectivity index is 1.73. The molecule has 0 aromatic carbocycles. The highest BCUT2D eigenvalue weighted by molar-refractivity contribution is 5.66. The number of nitrogens with one attached hydrogen (secondary N) is 2. The molecule has 2 aliphatic rings. The van der Waals surface area contributed by atoms with Crippen LogP contribution >= 0.6 is 0 Å². The Morgan fingerprint density at radius 1 is 1.22 bits per heavy atom. The second-order valence-electron chi connectivity index (χ2n) is 5.24. The molecule has 2 saturated heterocycles. The van der Waals surface area contributed by atoms with Gasteiger partial charge < -0.3 is 15.5 Å². The number of aromatic nitrogens is 1. The molecule has 2 fully saturated rings. The minimum absolute atomic E-state index is 0.594. The van der Waals surface area contributed by atoms with Crippen LogP contribution in [0.25, 0.3) is 0 Å². The van der Waals surface area contributed by atoms with Crippen molar-refractivity contribution >= 4 is 11.5 Å². The van der Waals surface area contributed by atoms with Gasteiger partial charge in [0.1, 0.15) is 0 Å². The number of pyridine rings is 1. The van der Waals surface area contributed by atoms with Crippen molar-refractivity contribution in [1.82, 2.24) is 10.3 Å². The summed E-state index contributed by atoms with van der Waals surface area (Å²) in [5.41, 5.74) is 1.21. The van der Waals surface area contributed by atoms with Crippen molar-refractivity contribution in [3.8, 4) is 0 Å². The minimum Gasteiger partial charge on any atom is -0.379 e. The lowest BCUT2D eigenvalue weighted by Gasteiger charge is -2.27. The molecule has 0 spiro atoms. The molecule has 0 bridgehead atoms. The third kappa shape index (κ3) is 2.58. The topological polar surface area (TPSA) is 40.2 Å². The van der Waals surface area contributed by atoms with Gasteiger partial charge in [-0.1, -0.05) is 0 Å². The van der Waals surface area contributed by atoms with Gasteiger partial charge in [-0.2, -0.15) is 0 Å². The molecule has 1 aromatic heterocycles. The standard InChI is InChI=1S/C14H22N4/c1-2-11-18(10-1)14-13(4-3-7-16-14)17-12-5-8-15-9-6-12/h3-4,7,12,15,17H,1-2,5-6,8-11H2. The Labute approximate surface area is 109 Å². The van der Waals surface area contributed by atoms with Gasteiger partial charge in [0.15, 0.2) is 5.82 Å². The number of anilines is 2. The zero-order valence-corrected chi connectivity index (χ0v) is 10.9. The van der Waals surface area contributed by atoms with Gasteiger partial charge in [0.2, 0.25) is 0 Å². The maximum Gasteiger partial charge on any atom is 0.151 e. The van der Waals surface area contributed by atoms with Crippen molar-refractivity contribution in [1.29, 1.82) is 0 Å². The van der Waals surface area contributed by atoms with Crippen LogP contribution in [0.4, 0.5) is 11.5 Å². The molecule has 0 saturated carbocycles. The smallest absolute Gasteiger partial charge is 0.151 e. The van der Waals surface area contributed by atoms with Crippen LogP contribution < -0.4 is 15.5 Å². The first-order chi connectivity index (χ1) is 8.93. The number of hydrogen-bond donors (Lipinski definition) is 2. The van der Waals surface area contributed by atoms with Gasteiger partial charge in [0.05, 0.1) is 5.69 Å². The molecule has 4 heteroatoms. The minimum atomic E-state index is 0.594. The Morgan fingerprint density at radius 2 is 2.00 bits per heavy atom. The van der Waals surface area contributed by atoms with Crippen LogP contribution in [0.5, 0.6) is 0 Å². The SMILES string of the molecule is c1cnc(N2CCCC2)c(NC2CCNCC2)c1. The fraction of sp³-hybridized carbons (Fsp3) is 0.643. The van der Waals surface area contributed by atoms with Gasteiger partial charge in [0, 0.05) is 25.3 Å². The molecule has 18 heavy (non-hydrogen) atoms. The van der Waals surface area contributed by atoms with E-state index in [1.165, 1.54) is 31.4 Å². The number of nitrogens with zero attached hydrogens (tertiary/aromatic N) is 2. The predicted molar refractivity (Wildman–Crippen MR) is 75.2 cm³/mol. The molecule has 0 amide bonds. The molecule has 98 valence electrons. The van der Waals surface area contributed by atoms with Crippen molar-refractivity contribution < 1.29 is 0 Å². The summed E-state index contributed by atoms with van der Waals surface area (Å²) >= 11 is 0. The number of rotatable bonds is 3. The van der Waals surface area contributed by atoms with Gasteiger partial charge in [-0.05, 0) is 50.9 Å². The summed E-state index contributed by atoms with van der Waals surface area (Å²) in [5, 5.41) is 7.09. The van der Waals surface area contributed by atoms with E-state index in [1.807, 2.05) is 12.3 Å². The first-order valence-electron chi connectivity index (χ1n) is 7.11. The fourth-order valence-corrected chi connectivity index (χ4v) is 2.88. The molecule has 0 atom stereocenters. The third-order valence-corrected chi connectivity index (χ3v) is 3.89. The van der Waals surface area contributed by atoms with Gasteiger partial charge in [0.25, 0.3) is 0 Å². The van der Waals surface area contributed by atoms with Gasteiger partial charge >= 0.3 is 0 Å². The van der Waals surface area contributed by atoms with Crippen LogP contribution in [-0.2, 0) is 0 Å². The first kappa shape index (κ1) is 11.8. The number of piperidine rings is 1. The molecule has 3 rings (SSSR count). The van der Waals surface area contributed by atoms with Crippen LogP contribution in [0, 0.1) is 0 Å². The van der Waals surface area contributed by atoms with E-state index in [4.69, 9.17) is 0 Å². The highest BCUT2D eigenvalue weighted by Gasteiger charge is 2.19. The Bertz CT molecular complexity index is 381. The van der Waals surface area contributed by atoms with E-state index in [2.05, 4.69) is 26.6 Å². The molecule has 0 radical (unpaired) electrons. The van der Waals surface area contributed by atoms with Crippen molar-refractivity contribution in [3.05, 3.63) is 18.3 Å². The highest BCUT2D eigenvalue weighted by Crippen LogP contribution is 2.27. The van der Waals surface area contributed by atoms with E-state index >= 15 is 0 Å². The Kier molecular flexibility index (Phi) is 3.64. The maximum absolute atomic E-state index is 4.57. The van der Waals surface area contributed by atoms with E-state index < -0.39 is 0 Å². The van der Waals surface area contributed by atoms with Crippen LogP contribution in [0.15, 0.2) is 18.3 Å². The van der Waals surface area contributed by atoms with Crippen LogP contribution in [0.1, 0.15) is 25.7 Å². The third-order valence-electron chi connectivity index (χ3n) is 3.89. The second-order valence-corrected chi connectivity index (χ2v) is 5.24. The summed E-state index contributed by atoms with van der Waals surface area (Å²) in [7, 11) is 0. The molecular weight excluding hydrogens is 224 g/mol. The van der Waals surface area contributed by atoms with Crippen LogP contribution in [0.2, 0.25) is 0 Å². The summed E-state index contributed by atoms with van der Waals surface area (Å²) in [4.78, 5) is 6.98. The zero-order chi connectivity index (χ0) is 12.2. The second kappa shape index (κ2) is 5.57. The molecule has 2 N–H and O–H groups in total. The average molecular weight is 246 g/mol. The van der Waals surface area contributed by atoms with Gasteiger partial charge in [-0.25, -0.2) is 4.98 Å². The zero-order valence-electron chi connectivity index (χ0n) is 10.9. The largest absolute Gasteiger partial charge is 0.379 e. The monoisotopic (exact) mass is 246 g/mol. The van der Waals surface area contributed by atoms with E-state index in [1.54, 1.807) is 0 Å². The van der Waals surface area contributed by atoms with E-state index in [-0.39, 0.29) is 0 Å². The fourth-order valence-electron chi connectivity index (χ4n) is 2.88. The molecule has 3 heterocycles. The summed E-state index contributed by atoms with van der Waals surface area (Å²) in [6.07, 6.45) is 6.90. The van der Waals surface area contributed by atoms with Crippen molar-refractivity contribution in [2.45, 2.75) is 31.7 Å². The van der Waals surface area contributed by atoms with Crippen molar-refractivity contribution in [2.24, 2.45) is 0 Å². The van der Waals surface area contributed by atoms with Gasteiger partial charge in [-0.3, -0.25) is 0 Å². The van der Waals surface area contributed by atoms with E-state index in [0.29, 0.717) is 6.04 Å². The molecule has 1 aromatic rings. The van der Waals surface area contributed by atoms with Crippen LogP contribution in [0.3, 0.4) is 0 Å². The summed E-state index contributed by atoms with van der Waals surface area (Å²) in [6.45, 7) is 4.55. The van der Waals surface area contributed by atoms with Crippen LogP contribution in [-0.4, -0.2) is 37.2 Å². The Hall–Kier alpha value is -1.29. The molecule has 2 aliphatic heterocycles. The van der Waals surface area contributed by atoms with E-state index in [9.17, 15) is 0 Å². The molecular formula is C14H22N4. The molecule has 4 nitrogen and oxygen atoms in total. The average Bonchev–Trinajstić information content (AvgIpc) is 2.94. The summed E-state index contributed by atoms with van der Waals surface area (Å²) in [5.74, 6) is 1.15. The normalized spacial score (nSPS) is 21.2. The van der Waals surface area contributed by atoms with E-state index in [0.717, 1.165) is 32.0 Å². The molecule has 0 aliphatic carbocycles. The Morgan fingerprint density at radius 3 is 2.78 bits per heavy atom. The lowest BCUT2D eigenvalue weighted by molar-refractivity contribution is 0.479. The lowest BCUT2D eigenvalue weighted by atomic mass is 10.1. The van der Waals surface area contributed by atoms with Gasteiger partial charge in [-0.15, -0.1) is 0 Å². The molecule has 0 unspecified atom stereocenters. The predicted octanol–water partition coefficient (Wildman–Crippen LogP) is 1.85. The number of hydrogen-bond acceptors (Lipinski definition) is 4. The lowest BCUT2D eigenvalue weighted by Crippen LogP contribution is -2.35. The maximum atomic E-state index is 4.57. The first-order valence-corrected chi connectivity index (χ1v) is 7.11. The summed E-state index contributed by atoms with van der Waals surface area (Å²) < 4.78 is 0. The van der Waals surface area contributed by atoms with Crippen molar-refractivity contribution in [2.75, 3.05) is 36.4 Å². The summed E-state index contributed by atoms with van der Waals surface area (Å²) in [6, 6.07) is 4.79. The highest BCUT2D eigenvalue weighted by atomic mass is 15.2. The quantitative estimate of drug-likeness (QED) is 0.854.